The van der Waals surface area contributed by atoms with Gasteiger partial charge in [-0.3, -0.25) is 9.48 Å². The van der Waals surface area contributed by atoms with Gasteiger partial charge in [0, 0.05) is 47.2 Å². The molecule has 0 saturated carbocycles. The van der Waals surface area contributed by atoms with Gasteiger partial charge in [0.25, 0.3) is 5.56 Å². The van der Waals surface area contributed by atoms with Crippen molar-refractivity contribution in [3.63, 3.8) is 0 Å². The molecule has 39 heavy (non-hydrogen) atoms. The second kappa shape index (κ2) is 10.3. The molecule has 7 nitrogen and oxygen atoms in total. The van der Waals surface area contributed by atoms with Crippen LogP contribution in [0.4, 0.5) is 17.6 Å². The van der Waals surface area contributed by atoms with Crippen molar-refractivity contribution < 1.29 is 22.3 Å². The van der Waals surface area contributed by atoms with Crippen LogP contribution in [0.2, 0.25) is 0 Å². The average molecular weight is 538 g/mol. The molecular weight excluding hydrogens is 514 g/mol. The molecule has 200 valence electrons. The number of hydrogen-bond acceptors (Lipinski definition) is 5. The Morgan fingerprint density at radius 2 is 1.82 bits per heavy atom. The highest BCUT2D eigenvalue weighted by Crippen LogP contribution is 2.34. The first-order chi connectivity index (χ1) is 18.7. The van der Waals surface area contributed by atoms with E-state index in [0.717, 1.165) is 33.0 Å². The van der Waals surface area contributed by atoms with E-state index in [1.54, 1.807) is 16.9 Å². The maximum Gasteiger partial charge on any atom is 0.433 e. The molecule has 4 heterocycles. The first-order valence-corrected chi connectivity index (χ1v) is 12.0. The zero-order valence-corrected chi connectivity index (χ0v) is 21.0. The van der Waals surface area contributed by atoms with Crippen molar-refractivity contribution >= 4 is 10.9 Å². The van der Waals surface area contributed by atoms with Gasteiger partial charge in [-0.2, -0.15) is 18.3 Å². The summed E-state index contributed by atoms with van der Waals surface area (Å²) in [7, 11) is 1.84. The molecule has 0 radical (unpaired) electrons. The van der Waals surface area contributed by atoms with Gasteiger partial charge in [0.05, 0.1) is 17.9 Å². The molecule has 0 aliphatic rings. The van der Waals surface area contributed by atoms with E-state index in [-0.39, 0.29) is 24.4 Å². The summed E-state index contributed by atoms with van der Waals surface area (Å²) in [5, 5.41) is 5.07. The lowest BCUT2D eigenvalue weighted by atomic mass is 10.0. The molecule has 0 unspecified atom stereocenters. The van der Waals surface area contributed by atoms with Crippen molar-refractivity contribution in [3.8, 4) is 17.0 Å². The molecule has 5 rings (SSSR count). The topological polar surface area (TPSA) is 74.8 Å². The highest BCUT2D eigenvalue weighted by atomic mass is 19.4. The number of rotatable bonds is 7. The number of nitrogens with zero attached hydrogens (tertiary/aromatic N) is 5. The minimum Gasteiger partial charge on any atom is -0.487 e. The van der Waals surface area contributed by atoms with Crippen LogP contribution in [-0.4, -0.2) is 24.3 Å². The Morgan fingerprint density at radius 1 is 1.00 bits per heavy atom. The molecule has 0 saturated heterocycles. The third-order valence-electron chi connectivity index (χ3n) is 6.33. The van der Waals surface area contributed by atoms with E-state index in [1.807, 2.05) is 38.2 Å². The molecule has 1 aromatic carbocycles. The van der Waals surface area contributed by atoms with Crippen molar-refractivity contribution in [3.05, 3.63) is 106 Å². The Bertz CT molecular complexity index is 1730. The number of benzene rings is 1. The maximum atomic E-state index is 13.5. The minimum atomic E-state index is -4.68. The lowest BCUT2D eigenvalue weighted by Gasteiger charge is -2.16. The summed E-state index contributed by atoms with van der Waals surface area (Å²) in [6.07, 6.45) is -1.60. The predicted molar refractivity (Wildman–Crippen MR) is 137 cm³/mol. The van der Waals surface area contributed by atoms with Crippen LogP contribution in [0.25, 0.3) is 22.2 Å². The molecular formula is C28H23F4N5O2. The Balaban J connectivity index is 1.53. The fourth-order valence-corrected chi connectivity index (χ4v) is 4.40. The standard InChI is InChI=1S/C28H23F4N5O2/c1-17-13-21(23-10-11-33-36(23)2)20-6-3-7-24(26(20)34-17)39-16-19-8-9-25(28(30,31)32)35-22(19)15-37-12-4-5-18(14-29)27(37)38/h3-13H,14-16H2,1-2H3. The molecule has 0 aliphatic heterocycles. The maximum absolute atomic E-state index is 13.5. The molecule has 0 aliphatic carbocycles. The third-order valence-corrected chi connectivity index (χ3v) is 6.33. The summed E-state index contributed by atoms with van der Waals surface area (Å²) in [6, 6.07) is 14.2. The zero-order valence-electron chi connectivity index (χ0n) is 21.0. The normalized spacial score (nSPS) is 11.7. The van der Waals surface area contributed by atoms with Crippen molar-refractivity contribution in [1.82, 2.24) is 24.3 Å². The minimum absolute atomic E-state index is 0.0112. The predicted octanol–water partition coefficient (Wildman–Crippen LogP) is 5.62. The molecule has 0 N–H and O–H groups in total. The van der Waals surface area contributed by atoms with Crippen LogP contribution in [0.3, 0.4) is 0 Å². The fourth-order valence-electron chi connectivity index (χ4n) is 4.40. The quantitative estimate of drug-likeness (QED) is 0.252. The number of alkyl halides is 4. The van der Waals surface area contributed by atoms with Crippen molar-refractivity contribution in [1.29, 1.82) is 0 Å². The first-order valence-electron chi connectivity index (χ1n) is 12.0. The summed E-state index contributed by atoms with van der Waals surface area (Å²) in [5.74, 6) is 0.432. The van der Waals surface area contributed by atoms with Crippen LogP contribution < -0.4 is 10.3 Å². The number of halogens is 4. The average Bonchev–Trinajstić information content (AvgIpc) is 3.33. The Labute approximate surface area is 220 Å². The van der Waals surface area contributed by atoms with E-state index < -0.39 is 24.1 Å². The van der Waals surface area contributed by atoms with E-state index in [2.05, 4.69) is 15.1 Å². The summed E-state index contributed by atoms with van der Waals surface area (Å²) in [5.41, 5.74) is 1.64. The summed E-state index contributed by atoms with van der Waals surface area (Å²) < 4.78 is 62.5. The van der Waals surface area contributed by atoms with E-state index in [0.29, 0.717) is 16.8 Å². The van der Waals surface area contributed by atoms with Crippen LogP contribution in [0, 0.1) is 6.92 Å². The van der Waals surface area contributed by atoms with E-state index in [4.69, 9.17) is 4.74 Å². The summed E-state index contributed by atoms with van der Waals surface area (Å²) >= 11 is 0. The van der Waals surface area contributed by atoms with Gasteiger partial charge in [-0.15, -0.1) is 0 Å². The SMILES string of the molecule is Cc1cc(-c2ccnn2C)c2cccc(OCc3ccc(C(F)(F)F)nc3Cn3cccc(CF)c3=O)c2n1. The van der Waals surface area contributed by atoms with E-state index in [9.17, 15) is 22.4 Å². The lowest BCUT2D eigenvalue weighted by molar-refractivity contribution is -0.141. The Kier molecular flexibility index (Phi) is 6.90. The summed E-state index contributed by atoms with van der Waals surface area (Å²) in [4.78, 5) is 21.0. The number of hydrogen-bond donors (Lipinski definition) is 0. The van der Waals surface area contributed by atoms with Crippen LogP contribution >= 0.6 is 0 Å². The monoisotopic (exact) mass is 537 g/mol. The second-order valence-corrected chi connectivity index (χ2v) is 8.99. The molecule has 0 amide bonds. The lowest BCUT2D eigenvalue weighted by Crippen LogP contribution is -2.24. The van der Waals surface area contributed by atoms with Gasteiger partial charge >= 0.3 is 6.18 Å². The molecule has 0 spiro atoms. The van der Waals surface area contributed by atoms with Crippen LogP contribution in [0.1, 0.15) is 28.2 Å². The highest BCUT2D eigenvalue weighted by molar-refractivity contribution is 5.96. The number of para-hydroxylation sites is 1. The summed E-state index contributed by atoms with van der Waals surface area (Å²) in [6.45, 7) is 0.456. The van der Waals surface area contributed by atoms with Gasteiger partial charge in [0.1, 0.15) is 30.2 Å². The van der Waals surface area contributed by atoms with Gasteiger partial charge in [0.15, 0.2) is 0 Å². The van der Waals surface area contributed by atoms with Gasteiger partial charge in [-0.1, -0.05) is 18.2 Å². The van der Waals surface area contributed by atoms with Crippen LogP contribution in [0.15, 0.2) is 71.8 Å². The van der Waals surface area contributed by atoms with Gasteiger partial charge in [-0.25, -0.2) is 14.4 Å². The van der Waals surface area contributed by atoms with Crippen LogP contribution in [-0.2, 0) is 33.1 Å². The number of aromatic nitrogens is 5. The van der Waals surface area contributed by atoms with Gasteiger partial charge < -0.3 is 9.30 Å². The molecule has 0 fully saturated rings. The first kappa shape index (κ1) is 26.1. The van der Waals surface area contributed by atoms with Crippen molar-refractivity contribution in [2.75, 3.05) is 0 Å². The molecule has 5 aromatic rings. The number of fused-ring (bicyclic) bond motifs is 1. The van der Waals surface area contributed by atoms with Gasteiger partial charge in [-0.05, 0) is 43.3 Å². The number of ether oxygens (including phenoxy) is 1. The molecule has 11 heteroatoms. The second-order valence-electron chi connectivity index (χ2n) is 8.99. The van der Waals surface area contributed by atoms with E-state index >= 15 is 0 Å². The van der Waals surface area contributed by atoms with Crippen molar-refractivity contribution in [2.24, 2.45) is 7.05 Å². The Hall–Kier alpha value is -4.54. The van der Waals surface area contributed by atoms with E-state index in [1.165, 1.54) is 24.4 Å². The van der Waals surface area contributed by atoms with Gasteiger partial charge in [0.2, 0.25) is 0 Å². The Morgan fingerprint density at radius 3 is 2.54 bits per heavy atom. The number of pyridine rings is 3. The fraction of sp³-hybridized carbons (Fsp3) is 0.214. The number of aryl methyl sites for hydroxylation is 2. The van der Waals surface area contributed by atoms with Crippen molar-refractivity contribution in [2.45, 2.75) is 32.9 Å². The molecule has 0 bridgehead atoms. The van der Waals surface area contributed by atoms with Crippen LogP contribution in [0.5, 0.6) is 5.75 Å². The highest BCUT2D eigenvalue weighted by Gasteiger charge is 2.33. The zero-order chi connectivity index (χ0) is 27.7. The molecule has 4 aromatic heterocycles. The smallest absolute Gasteiger partial charge is 0.433 e. The largest absolute Gasteiger partial charge is 0.487 e. The third kappa shape index (κ3) is 5.25. The molecule has 0 atom stereocenters.